The van der Waals surface area contributed by atoms with Crippen LogP contribution in [0.25, 0.3) is 0 Å². The summed E-state index contributed by atoms with van der Waals surface area (Å²) in [6, 6.07) is 0. The molecule has 5 heteroatoms. The van der Waals surface area contributed by atoms with Crippen LogP contribution in [0.4, 0.5) is 0 Å². The number of β-amino-alcohol motifs (C(OH)–C–C–N with tert-alkyl or cyclic N) is 1. The molecular formula is C14H24N2O3. The second kappa shape index (κ2) is 5.12. The SMILES string of the molecule is CC(C)CN1CC(C(=O)N2CCC(C)(O)C2)CC1=O. The molecule has 0 saturated carbocycles. The normalized spacial score (nSPS) is 31.6. The van der Waals surface area contributed by atoms with Gasteiger partial charge in [0, 0.05) is 32.6 Å². The Morgan fingerprint density at radius 3 is 2.74 bits per heavy atom. The number of carbonyl (C=O) groups is 2. The molecule has 2 rings (SSSR count). The van der Waals surface area contributed by atoms with Crippen molar-refractivity contribution in [1.29, 1.82) is 0 Å². The molecular weight excluding hydrogens is 244 g/mol. The van der Waals surface area contributed by atoms with E-state index in [1.807, 2.05) is 0 Å². The van der Waals surface area contributed by atoms with Crippen molar-refractivity contribution < 1.29 is 14.7 Å². The maximum atomic E-state index is 12.3. The molecule has 2 amide bonds. The lowest BCUT2D eigenvalue weighted by molar-refractivity contribution is -0.135. The van der Waals surface area contributed by atoms with E-state index in [0.717, 1.165) is 6.54 Å². The van der Waals surface area contributed by atoms with Crippen molar-refractivity contribution in [3.63, 3.8) is 0 Å². The predicted molar refractivity (Wildman–Crippen MR) is 71.3 cm³/mol. The predicted octanol–water partition coefficient (Wildman–Crippen LogP) is 0.474. The van der Waals surface area contributed by atoms with Crippen LogP contribution in [0, 0.1) is 11.8 Å². The Kier molecular flexibility index (Phi) is 3.85. The van der Waals surface area contributed by atoms with E-state index in [-0.39, 0.29) is 17.7 Å². The van der Waals surface area contributed by atoms with Gasteiger partial charge in [0.15, 0.2) is 0 Å². The maximum Gasteiger partial charge on any atom is 0.228 e. The fraction of sp³-hybridized carbons (Fsp3) is 0.857. The van der Waals surface area contributed by atoms with Crippen LogP contribution in [-0.2, 0) is 9.59 Å². The Labute approximate surface area is 114 Å². The fourth-order valence-corrected chi connectivity index (χ4v) is 2.95. The van der Waals surface area contributed by atoms with Crippen molar-refractivity contribution in [2.24, 2.45) is 11.8 Å². The average molecular weight is 268 g/mol. The molecule has 19 heavy (non-hydrogen) atoms. The Morgan fingerprint density at radius 1 is 1.53 bits per heavy atom. The van der Waals surface area contributed by atoms with Crippen LogP contribution in [0.15, 0.2) is 0 Å². The molecule has 2 unspecified atom stereocenters. The summed E-state index contributed by atoms with van der Waals surface area (Å²) in [5, 5.41) is 9.91. The number of rotatable bonds is 3. The smallest absolute Gasteiger partial charge is 0.228 e. The Balaban J connectivity index is 1.93. The highest BCUT2D eigenvalue weighted by atomic mass is 16.3. The van der Waals surface area contributed by atoms with Crippen LogP contribution in [0.5, 0.6) is 0 Å². The van der Waals surface area contributed by atoms with Gasteiger partial charge in [0.2, 0.25) is 11.8 Å². The molecule has 108 valence electrons. The van der Waals surface area contributed by atoms with Gasteiger partial charge in [-0.05, 0) is 19.3 Å². The van der Waals surface area contributed by atoms with Gasteiger partial charge in [-0.15, -0.1) is 0 Å². The minimum Gasteiger partial charge on any atom is -0.388 e. The van der Waals surface area contributed by atoms with Crippen LogP contribution in [0.1, 0.15) is 33.6 Å². The molecule has 1 N–H and O–H groups in total. The maximum absolute atomic E-state index is 12.3. The zero-order valence-electron chi connectivity index (χ0n) is 12.1. The first-order valence-corrected chi connectivity index (χ1v) is 7.07. The third-order valence-corrected chi connectivity index (χ3v) is 3.91. The zero-order chi connectivity index (χ0) is 14.2. The van der Waals surface area contributed by atoms with Crippen LogP contribution in [0.3, 0.4) is 0 Å². The summed E-state index contributed by atoms with van der Waals surface area (Å²) in [6.45, 7) is 8.14. The Hall–Kier alpha value is -1.10. The van der Waals surface area contributed by atoms with Crippen molar-refractivity contribution in [3.8, 4) is 0 Å². The monoisotopic (exact) mass is 268 g/mol. The number of hydrogen-bond donors (Lipinski definition) is 1. The first-order chi connectivity index (χ1) is 8.78. The van der Waals surface area contributed by atoms with E-state index in [0.29, 0.717) is 38.4 Å². The minimum absolute atomic E-state index is 0.0254. The van der Waals surface area contributed by atoms with Gasteiger partial charge < -0.3 is 14.9 Å². The summed E-state index contributed by atoms with van der Waals surface area (Å²) in [4.78, 5) is 27.7. The van der Waals surface area contributed by atoms with E-state index in [4.69, 9.17) is 0 Å². The molecule has 2 saturated heterocycles. The molecule has 5 nitrogen and oxygen atoms in total. The molecule has 2 fully saturated rings. The quantitative estimate of drug-likeness (QED) is 0.809. The van der Waals surface area contributed by atoms with E-state index >= 15 is 0 Å². The van der Waals surface area contributed by atoms with Gasteiger partial charge in [-0.3, -0.25) is 9.59 Å². The van der Waals surface area contributed by atoms with Gasteiger partial charge in [0.25, 0.3) is 0 Å². The van der Waals surface area contributed by atoms with Gasteiger partial charge in [-0.1, -0.05) is 13.8 Å². The lowest BCUT2D eigenvalue weighted by Crippen LogP contribution is -2.38. The van der Waals surface area contributed by atoms with Crippen molar-refractivity contribution in [2.45, 2.75) is 39.2 Å². The molecule has 0 spiro atoms. The van der Waals surface area contributed by atoms with E-state index < -0.39 is 5.60 Å². The molecule has 2 heterocycles. The molecule has 2 aliphatic rings. The minimum atomic E-state index is -0.768. The number of amides is 2. The van der Waals surface area contributed by atoms with Gasteiger partial charge >= 0.3 is 0 Å². The van der Waals surface area contributed by atoms with Crippen molar-refractivity contribution in [2.75, 3.05) is 26.2 Å². The number of carbonyl (C=O) groups excluding carboxylic acids is 2. The number of nitrogens with zero attached hydrogens (tertiary/aromatic N) is 2. The second-order valence-electron chi connectivity index (χ2n) is 6.60. The van der Waals surface area contributed by atoms with Crippen molar-refractivity contribution >= 4 is 11.8 Å². The summed E-state index contributed by atoms with van der Waals surface area (Å²) in [6.07, 6.45) is 0.944. The summed E-state index contributed by atoms with van der Waals surface area (Å²) in [5.74, 6) is 0.306. The largest absolute Gasteiger partial charge is 0.388 e. The number of aliphatic hydroxyl groups is 1. The van der Waals surface area contributed by atoms with Crippen molar-refractivity contribution in [1.82, 2.24) is 9.80 Å². The van der Waals surface area contributed by atoms with E-state index in [1.165, 1.54) is 0 Å². The van der Waals surface area contributed by atoms with E-state index in [9.17, 15) is 14.7 Å². The third kappa shape index (κ3) is 3.26. The first kappa shape index (κ1) is 14.3. The van der Waals surface area contributed by atoms with Crippen LogP contribution in [0.2, 0.25) is 0 Å². The fourth-order valence-electron chi connectivity index (χ4n) is 2.95. The third-order valence-electron chi connectivity index (χ3n) is 3.91. The van der Waals surface area contributed by atoms with Gasteiger partial charge in [-0.2, -0.15) is 0 Å². The number of hydrogen-bond acceptors (Lipinski definition) is 3. The highest BCUT2D eigenvalue weighted by Crippen LogP contribution is 2.26. The molecule has 0 aliphatic carbocycles. The second-order valence-corrected chi connectivity index (χ2v) is 6.60. The highest BCUT2D eigenvalue weighted by Gasteiger charge is 2.40. The molecule has 0 aromatic carbocycles. The summed E-state index contributed by atoms with van der Waals surface area (Å²) in [7, 11) is 0. The molecule has 2 atom stereocenters. The summed E-state index contributed by atoms with van der Waals surface area (Å²) in [5.41, 5.74) is -0.768. The van der Waals surface area contributed by atoms with Crippen LogP contribution >= 0.6 is 0 Å². The van der Waals surface area contributed by atoms with Crippen LogP contribution < -0.4 is 0 Å². The standard InChI is InChI=1S/C14H24N2O3/c1-10(2)7-16-8-11(6-12(16)17)13(18)15-5-4-14(3,19)9-15/h10-11,19H,4-9H2,1-3H3. The molecule has 0 bridgehead atoms. The molecule has 0 aromatic heterocycles. The summed E-state index contributed by atoms with van der Waals surface area (Å²) >= 11 is 0. The number of likely N-dealkylation sites (tertiary alicyclic amines) is 2. The Bertz CT molecular complexity index is 379. The summed E-state index contributed by atoms with van der Waals surface area (Å²) < 4.78 is 0. The van der Waals surface area contributed by atoms with Crippen LogP contribution in [-0.4, -0.2) is 58.5 Å². The average Bonchev–Trinajstić information content (AvgIpc) is 2.81. The van der Waals surface area contributed by atoms with Gasteiger partial charge in [-0.25, -0.2) is 0 Å². The van der Waals surface area contributed by atoms with Gasteiger partial charge in [0.05, 0.1) is 11.5 Å². The van der Waals surface area contributed by atoms with E-state index in [1.54, 1.807) is 16.7 Å². The lowest BCUT2D eigenvalue weighted by Gasteiger charge is -2.23. The molecule has 0 radical (unpaired) electrons. The molecule has 0 aromatic rings. The zero-order valence-corrected chi connectivity index (χ0v) is 12.1. The van der Waals surface area contributed by atoms with Crippen molar-refractivity contribution in [3.05, 3.63) is 0 Å². The van der Waals surface area contributed by atoms with Gasteiger partial charge in [0.1, 0.15) is 0 Å². The topological polar surface area (TPSA) is 60.9 Å². The lowest BCUT2D eigenvalue weighted by atomic mass is 10.1. The Morgan fingerprint density at radius 2 is 2.21 bits per heavy atom. The highest BCUT2D eigenvalue weighted by molar-refractivity contribution is 5.89. The first-order valence-electron chi connectivity index (χ1n) is 7.07. The van der Waals surface area contributed by atoms with E-state index in [2.05, 4.69) is 13.8 Å². The molecule has 2 aliphatic heterocycles.